The van der Waals surface area contributed by atoms with Gasteiger partial charge in [0.25, 0.3) is 0 Å². The Balaban J connectivity index is 1.97. The van der Waals surface area contributed by atoms with Gasteiger partial charge in [0.2, 0.25) is 5.95 Å². The van der Waals surface area contributed by atoms with Crippen LogP contribution in [0.4, 0.5) is 5.95 Å². The third-order valence-electron chi connectivity index (χ3n) is 4.15. The molecular formula is C14H22N4O3S. The van der Waals surface area contributed by atoms with Gasteiger partial charge in [0.1, 0.15) is 4.90 Å². The first kappa shape index (κ1) is 15.6. The summed E-state index contributed by atoms with van der Waals surface area (Å²) in [7, 11) is -3.33. The number of ether oxygens (including phenoxy) is 1. The fourth-order valence-corrected chi connectivity index (χ4v) is 3.79. The zero-order valence-corrected chi connectivity index (χ0v) is 13.6. The number of rotatable bonds is 3. The summed E-state index contributed by atoms with van der Waals surface area (Å²) in [6.45, 7) is 4.52. The third-order valence-corrected chi connectivity index (χ3v) is 5.26. The second-order valence-electron chi connectivity index (χ2n) is 5.83. The Morgan fingerprint density at radius 1 is 1.36 bits per heavy atom. The van der Waals surface area contributed by atoms with E-state index in [-0.39, 0.29) is 10.8 Å². The van der Waals surface area contributed by atoms with Crippen molar-refractivity contribution in [1.82, 2.24) is 15.3 Å². The molecular weight excluding hydrogens is 304 g/mol. The van der Waals surface area contributed by atoms with Crippen LogP contribution in [0.2, 0.25) is 0 Å². The predicted molar refractivity (Wildman–Crippen MR) is 83.0 cm³/mol. The molecule has 2 saturated heterocycles. The summed E-state index contributed by atoms with van der Waals surface area (Å²) in [6.07, 6.45) is 4.68. The molecule has 1 aromatic heterocycles. The van der Waals surface area contributed by atoms with Crippen molar-refractivity contribution in [3.63, 3.8) is 0 Å². The van der Waals surface area contributed by atoms with E-state index in [1.807, 2.05) is 0 Å². The van der Waals surface area contributed by atoms with E-state index in [4.69, 9.17) is 4.74 Å². The van der Waals surface area contributed by atoms with Gasteiger partial charge in [-0.25, -0.2) is 18.4 Å². The highest BCUT2D eigenvalue weighted by Crippen LogP contribution is 2.28. The molecule has 22 heavy (non-hydrogen) atoms. The summed E-state index contributed by atoms with van der Waals surface area (Å²) >= 11 is 0. The molecule has 0 spiro atoms. The fraction of sp³-hybridized carbons (Fsp3) is 0.714. The van der Waals surface area contributed by atoms with Crippen LogP contribution in [0.5, 0.6) is 0 Å². The molecule has 0 bridgehead atoms. The van der Waals surface area contributed by atoms with E-state index in [1.165, 1.54) is 12.5 Å². The SMILES string of the molecule is CS(=O)(=O)c1cnc(N2CCOCC2)nc1[C@@H]1CCCNC1. The number of piperidine rings is 1. The van der Waals surface area contributed by atoms with E-state index in [0.717, 1.165) is 39.0 Å². The number of hydrogen-bond donors (Lipinski definition) is 1. The fourth-order valence-electron chi connectivity index (χ4n) is 2.95. The molecule has 0 aliphatic carbocycles. The lowest BCUT2D eigenvalue weighted by Gasteiger charge is -2.29. The maximum absolute atomic E-state index is 12.0. The molecule has 1 atom stereocenters. The molecule has 1 aromatic rings. The first-order valence-corrected chi connectivity index (χ1v) is 9.55. The maximum atomic E-state index is 12.0. The van der Waals surface area contributed by atoms with Crippen LogP contribution >= 0.6 is 0 Å². The summed E-state index contributed by atoms with van der Waals surface area (Å²) in [5, 5.41) is 3.32. The molecule has 1 N–H and O–H groups in total. The van der Waals surface area contributed by atoms with E-state index in [1.54, 1.807) is 0 Å². The number of aromatic nitrogens is 2. The Bertz CT molecular complexity index is 623. The van der Waals surface area contributed by atoms with E-state index in [2.05, 4.69) is 20.2 Å². The number of hydrogen-bond acceptors (Lipinski definition) is 7. The lowest BCUT2D eigenvalue weighted by molar-refractivity contribution is 0.122. The molecule has 2 fully saturated rings. The summed E-state index contributed by atoms with van der Waals surface area (Å²) in [6, 6.07) is 0. The molecule has 2 aliphatic rings. The van der Waals surface area contributed by atoms with Crippen LogP contribution < -0.4 is 10.2 Å². The van der Waals surface area contributed by atoms with Crippen molar-refractivity contribution in [3.05, 3.63) is 11.9 Å². The van der Waals surface area contributed by atoms with Gasteiger partial charge in [-0.2, -0.15) is 0 Å². The highest BCUT2D eigenvalue weighted by molar-refractivity contribution is 7.90. The Morgan fingerprint density at radius 2 is 2.14 bits per heavy atom. The first-order valence-electron chi connectivity index (χ1n) is 7.66. The maximum Gasteiger partial charge on any atom is 0.225 e. The second-order valence-corrected chi connectivity index (χ2v) is 7.82. The summed E-state index contributed by atoms with van der Waals surface area (Å²) in [5.74, 6) is 0.734. The van der Waals surface area contributed by atoms with E-state index in [0.29, 0.717) is 24.9 Å². The summed E-state index contributed by atoms with van der Waals surface area (Å²) in [4.78, 5) is 11.2. The molecule has 7 nitrogen and oxygen atoms in total. The normalized spacial score (nSPS) is 23.5. The Kier molecular flexibility index (Phi) is 4.60. The van der Waals surface area contributed by atoms with Gasteiger partial charge in [0.15, 0.2) is 9.84 Å². The second kappa shape index (κ2) is 6.47. The van der Waals surface area contributed by atoms with Crippen LogP contribution in [0.25, 0.3) is 0 Å². The minimum absolute atomic E-state index is 0.126. The van der Waals surface area contributed by atoms with Crippen LogP contribution in [0.1, 0.15) is 24.5 Å². The molecule has 0 radical (unpaired) electrons. The van der Waals surface area contributed by atoms with Crippen LogP contribution in [0.15, 0.2) is 11.1 Å². The van der Waals surface area contributed by atoms with Crippen molar-refractivity contribution in [2.24, 2.45) is 0 Å². The zero-order valence-electron chi connectivity index (χ0n) is 12.8. The molecule has 2 aliphatic heterocycles. The molecule has 0 amide bonds. The predicted octanol–water partition coefficient (Wildman–Crippen LogP) is 0.184. The Hall–Kier alpha value is -1.25. The lowest BCUT2D eigenvalue weighted by atomic mass is 9.96. The monoisotopic (exact) mass is 326 g/mol. The van der Waals surface area contributed by atoms with Crippen molar-refractivity contribution in [1.29, 1.82) is 0 Å². The standard InChI is InChI=1S/C14H22N4O3S/c1-22(19,20)12-10-16-14(18-5-7-21-8-6-18)17-13(12)11-3-2-4-15-9-11/h10-11,15H,2-9H2,1H3/t11-/m1/s1. The summed E-state index contributed by atoms with van der Waals surface area (Å²) < 4.78 is 29.4. The number of nitrogens with one attached hydrogen (secondary N) is 1. The van der Waals surface area contributed by atoms with Crippen LogP contribution in [-0.2, 0) is 14.6 Å². The average Bonchev–Trinajstić information content (AvgIpc) is 2.55. The van der Waals surface area contributed by atoms with Crippen LogP contribution in [0, 0.1) is 0 Å². The van der Waals surface area contributed by atoms with Crippen molar-refractivity contribution < 1.29 is 13.2 Å². The quantitative estimate of drug-likeness (QED) is 0.848. The van der Waals surface area contributed by atoms with Gasteiger partial charge in [-0.1, -0.05) is 0 Å². The van der Waals surface area contributed by atoms with Gasteiger partial charge >= 0.3 is 0 Å². The smallest absolute Gasteiger partial charge is 0.225 e. The number of sulfone groups is 1. The van der Waals surface area contributed by atoms with Gasteiger partial charge in [-0.15, -0.1) is 0 Å². The van der Waals surface area contributed by atoms with Gasteiger partial charge in [0, 0.05) is 31.8 Å². The molecule has 0 aromatic carbocycles. The van der Waals surface area contributed by atoms with Gasteiger partial charge in [-0.05, 0) is 19.4 Å². The average molecular weight is 326 g/mol. The van der Waals surface area contributed by atoms with Gasteiger partial charge < -0.3 is 15.0 Å². The summed E-state index contributed by atoms with van der Waals surface area (Å²) in [5.41, 5.74) is 0.659. The zero-order chi connectivity index (χ0) is 15.6. The first-order chi connectivity index (χ1) is 10.6. The largest absolute Gasteiger partial charge is 0.378 e. The molecule has 0 unspecified atom stereocenters. The van der Waals surface area contributed by atoms with Crippen LogP contribution in [0.3, 0.4) is 0 Å². The minimum Gasteiger partial charge on any atom is -0.378 e. The molecule has 122 valence electrons. The number of anilines is 1. The lowest BCUT2D eigenvalue weighted by Crippen LogP contribution is -2.38. The van der Waals surface area contributed by atoms with Crippen LogP contribution in [-0.4, -0.2) is 64.0 Å². The minimum atomic E-state index is -3.33. The van der Waals surface area contributed by atoms with Crippen molar-refractivity contribution in [3.8, 4) is 0 Å². The molecule has 0 saturated carbocycles. The Labute approximate surface area is 131 Å². The highest BCUT2D eigenvalue weighted by Gasteiger charge is 2.26. The number of morpholine rings is 1. The Morgan fingerprint density at radius 3 is 2.77 bits per heavy atom. The van der Waals surface area contributed by atoms with Crippen molar-refractivity contribution >= 4 is 15.8 Å². The van der Waals surface area contributed by atoms with Gasteiger partial charge in [0.05, 0.1) is 25.1 Å². The molecule has 3 heterocycles. The highest BCUT2D eigenvalue weighted by atomic mass is 32.2. The van der Waals surface area contributed by atoms with Crippen molar-refractivity contribution in [2.45, 2.75) is 23.7 Å². The van der Waals surface area contributed by atoms with E-state index < -0.39 is 9.84 Å². The topological polar surface area (TPSA) is 84.4 Å². The third kappa shape index (κ3) is 3.39. The van der Waals surface area contributed by atoms with Crippen molar-refractivity contribution in [2.75, 3.05) is 50.5 Å². The molecule has 8 heteroatoms. The molecule has 3 rings (SSSR count). The number of nitrogens with zero attached hydrogens (tertiary/aromatic N) is 3. The van der Waals surface area contributed by atoms with E-state index in [9.17, 15) is 8.42 Å². The van der Waals surface area contributed by atoms with E-state index >= 15 is 0 Å². The van der Waals surface area contributed by atoms with Gasteiger partial charge in [-0.3, -0.25) is 0 Å².